The molecule has 4 nitrogen and oxygen atoms in total. The van der Waals surface area contributed by atoms with Crippen molar-refractivity contribution in [2.24, 2.45) is 0 Å². The second-order valence-corrected chi connectivity index (χ2v) is 7.21. The Labute approximate surface area is 168 Å². The van der Waals surface area contributed by atoms with Crippen molar-refractivity contribution in [3.05, 3.63) is 76.2 Å². The number of benzene rings is 2. The van der Waals surface area contributed by atoms with E-state index in [1.165, 1.54) is 17.0 Å². The number of hydrogen-bond acceptors (Lipinski definition) is 2. The van der Waals surface area contributed by atoms with E-state index in [0.717, 1.165) is 5.56 Å². The van der Waals surface area contributed by atoms with E-state index in [1.807, 2.05) is 25.1 Å². The molecule has 7 heteroatoms. The summed E-state index contributed by atoms with van der Waals surface area (Å²) in [6.07, 6.45) is 0. The Balaban J connectivity index is 2.18. The van der Waals surface area contributed by atoms with Crippen molar-refractivity contribution >= 4 is 40.5 Å². The summed E-state index contributed by atoms with van der Waals surface area (Å²) in [5, 5.41) is 4.19. The van der Waals surface area contributed by atoms with Gasteiger partial charge in [0.05, 0.1) is 11.6 Å². The first kappa shape index (κ1) is 19.3. The minimum atomic E-state index is -0.474. The molecule has 1 aliphatic heterocycles. The molecule has 0 radical (unpaired) electrons. The van der Waals surface area contributed by atoms with Gasteiger partial charge in [0.1, 0.15) is 5.82 Å². The van der Waals surface area contributed by atoms with E-state index in [2.05, 4.69) is 5.32 Å². The lowest BCUT2D eigenvalue weighted by molar-refractivity contribution is -0.125. The quantitative estimate of drug-likeness (QED) is 0.776. The number of halogens is 2. The van der Waals surface area contributed by atoms with Crippen LogP contribution in [-0.2, 0) is 4.79 Å². The lowest BCUT2D eigenvalue weighted by Crippen LogP contribution is -2.49. The van der Waals surface area contributed by atoms with Crippen molar-refractivity contribution in [3.8, 4) is 0 Å². The molecule has 2 aromatic rings. The van der Waals surface area contributed by atoms with Crippen LogP contribution in [0, 0.1) is 5.82 Å². The molecular weight excluding hydrogens is 385 g/mol. The molecule has 140 valence electrons. The number of amides is 1. The number of thiocarbonyl (C=S) groups is 1. The molecule has 0 aromatic heterocycles. The first-order chi connectivity index (χ1) is 12.8. The van der Waals surface area contributed by atoms with Gasteiger partial charge in [0.15, 0.2) is 5.11 Å². The highest BCUT2D eigenvalue weighted by Gasteiger charge is 2.36. The molecule has 0 bridgehead atoms. The number of anilines is 1. The number of carbonyl (C=O) groups is 1. The molecule has 1 amide bonds. The van der Waals surface area contributed by atoms with Gasteiger partial charge in [0, 0.05) is 30.5 Å². The highest BCUT2D eigenvalue weighted by Crippen LogP contribution is 2.36. The Hall–Kier alpha value is -2.44. The number of nitrogens with one attached hydrogen (secondary N) is 1. The number of rotatable bonds is 3. The maximum atomic E-state index is 13.3. The van der Waals surface area contributed by atoms with Gasteiger partial charge in [-0.1, -0.05) is 29.8 Å². The fraction of sp³-hybridized carbons (Fsp3) is 0.200. The van der Waals surface area contributed by atoms with Gasteiger partial charge in [-0.25, -0.2) is 4.39 Å². The van der Waals surface area contributed by atoms with E-state index < -0.39 is 6.04 Å². The molecule has 0 saturated heterocycles. The second-order valence-electron chi connectivity index (χ2n) is 6.41. The van der Waals surface area contributed by atoms with Crippen LogP contribution in [-0.4, -0.2) is 30.0 Å². The second kappa shape index (κ2) is 7.66. The third kappa shape index (κ3) is 3.68. The van der Waals surface area contributed by atoms with Crippen molar-refractivity contribution in [1.29, 1.82) is 0 Å². The fourth-order valence-corrected chi connectivity index (χ4v) is 3.71. The summed E-state index contributed by atoms with van der Waals surface area (Å²) in [7, 11) is 3.39. The normalized spacial score (nSPS) is 17.0. The standard InChI is InChI=1S/C20H19ClFN3OS/c1-12-17(19(26)24(2)3)18(15-6-4-5-7-16(15)21)23-20(27)25(12)14-10-8-13(22)9-11-14/h4-11,18H,1-3H3,(H,23,27)/t18-/m1/s1. The Kier molecular flexibility index (Phi) is 5.48. The molecule has 0 aliphatic carbocycles. The molecule has 1 atom stereocenters. The Bertz CT molecular complexity index is 927. The zero-order chi connectivity index (χ0) is 19.7. The van der Waals surface area contributed by atoms with Crippen LogP contribution in [0.1, 0.15) is 18.5 Å². The molecule has 0 spiro atoms. The smallest absolute Gasteiger partial charge is 0.253 e. The summed E-state index contributed by atoms with van der Waals surface area (Å²) in [5.41, 5.74) is 2.65. The number of nitrogens with zero attached hydrogens (tertiary/aromatic N) is 2. The van der Waals surface area contributed by atoms with Gasteiger partial charge in [-0.2, -0.15) is 0 Å². The average molecular weight is 404 g/mol. The molecule has 1 aliphatic rings. The van der Waals surface area contributed by atoms with Crippen molar-refractivity contribution in [3.63, 3.8) is 0 Å². The largest absolute Gasteiger partial charge is 0.351 e. The van der Waals surface area contributed by atoms with Crippen molar-refractivity contribution < 1.29 is 9.18 Å². The topological polar surface area (TPSA) is 35.6 Å². The highest BCUT2D eigenvalue weighted by molar-refractivity contribution is 7.80. The maximum absolute atomic E-state index is 13.3. The van der Waals surface area contributed by atoms with Gasteiger partial charge in [0.2, 0.25) is 0 Å². The number of allylic oxidation sites excluding steroid dienone is 1. The van der Waals surface area contributed by atoms with E-state index in [4.69, 9.17) is 23.8 Å². The summed E-state index contributed by atoms with van der Waals surface area (Å²) in [6, 6.07) is 12.8. The molecule has 0 unspecified atom stereocenters. The third-order valence-corrected chi connectivity index (χ3v) is 5.07. The fourth-order valence-electron chi connectivity index (χ4n) is 3.10. The van der Waals surface area contributed by atoms with Crippen LogP contribution in [0.3, 0.4) is 0 Å². The van der Waals surface area contributed by atoms with Gasteiger partial charge in [-0.15, -0.1) is 0 Å². The van der Waals surface area contributed by atoms with E-state index in [9.17, 15) is 9.18 Å². The minimum Gasteiger partial charge on any atom is -0.351 e. The summed E-state index contributed by atoms with van der Waals surface area (Å²) in [5.74, 6) is -0.491. The van der Waals surface area contributed by atoms with E-state index in [1.54, 1.807) is 37.2 Å². The van der Waals surface area contributed by atoms with Crippen molar-refractivity contribution in [1.82, 2.24) is 10.2 Å². The highest BCUT2D eigenvalue weighted by atomic mass is 35.5. The first-order valence-electron chi connectivity index (χ1n) is 8.34. The molecule has 2 aromatic carbocycles. The summed E-state index contributed by atoms with van der Waals surface area (Å²) < 4.78 is 13.3. The third-order valence-electron chi connectivity index (χ3n) is 4.42. The SMILES string of the molecule is CC1=C(C(=O)N(C)C)[C@@H](c2ccccc2Cl)NC(=S)N1c1ccc(F)cc1. The van der Waals surface area contributed by atoms with Crippen LogP contribution in [0.4, 0.5) is 10.1 Å². The lowest BCUT2D eigenvalue weighted by atomic mass is 9.93. The van der Waals surface area contributed by atoms with E-state index >= 15 is 0 Å². The van der Waals surface area contributed by atoms with Gasteiger partial charge in [-0.3, -0.25) is 9.69 Å². The Morgan fingerprint density at radius 2 is 1.81 bits per heavy atom. The maximum Gasteiger partial charge on any atom is 0.253 e. The van der Waals surface area contributed by atoms with Crippen molar-refractivity contribution in [2.45, 2.75) is 13.0 Å². The van der Waals surface area contributed by atoms with E-state index in [0.29, 0.717) is 27.1 Å². The van der Waals surface area contributed by atoms with Crippen LogP contribution in [0.25, 0.3) is 0 Å². The van der Waals surface area contributed by atoms with Crippen LogP contribution < -0.4 is 10.2 Å². The van der Waals surface area contributed by atoms with Crippen LogP contribution >= 0.6 is 23.8 Å². The Morgan fingerprint density at radius 1 is 1.19 bits per heavy atom. The van der Waals surface area contributed by atoms with Crippen molar-refractivity contribution in [2.75, 3.05) is 19.0 Å². The zero-order valence-corrected chi connectivity index (χ0v) is 16.7. The van der Waals surface area contributed by atoms with Crippen LogP contribution in [0.5, 0.6) is 0 Å². The van der Waals surface area contributed by atoms with E-state index in [-0.39, 0.29) is 11.7 Å². The predicted molar refractivity (Wildman–Crippen MR) is 110 cm³/mol. The molecule has 0 fully saturated rings. The molecule has 1 N–H and O–H groups in total. The molecule has 3 rings (SSSR count). The number of hydrogen-bond donors (Lipinski definition) is 1. The number of likely N-dealkylation sites (N-methyl/N-ethyl adjacent to an activating group) is 1. The molecular formula is C20H19ClFN3OS. The number of carbonyl (C=O) groups excluding carboxylic acids is 1. The van der Waals surface area contributed by atoms with Crippen LogP contribution in [0.2, 0.25) is 5.02 Å². The molecule has 27 heavy (non-hydrogen) atoms. The van der Waals surface area contributed by atoms with Gasteiger partial charge >= 0.3 is 0 Å². The summed E-state index contributed by atoms with van der Waals surface area (Å²) in [4.78, 5) is 16.2. The summed E-state index contributed by atoms with van der Waals surface area (Å²) >= 11 is 12.0. The van der Waals surface area contributed by atoms with Gasteiger partial charge in [0.25, 0.3) is 5.91 Å². The Morgan fingerprint density at radius 3 is 2.41 bits per heavy atom. The van der Waals surface area contributed by atoms with Gasteiger partial charge in [-0.05, 0) is 55.0 Å². The molecule has 0 saturated carbocycles. The zero-order valence-electron chi connectivity index (χ0n) is 15.2. The molecule has 1 heterocycles. The predicted octanol–water partition coefficient (Wildman–Crippen LogP) is 4.28. The van der Waals surface area contributed by atoms with Crippen LogP contribution in [0.15, 0.2) is 59.8 Å². The monoisotopic (exact) mass is 403 g/mol. The minimum absolute atomic E-state index is 0.153. The van der Waals surface area contributed by atoms with Gasteiger partial charge < -0.3 is 10.2 Å². The first-order valence-corrected chi connectivity index (χ1v) is 9.13. The average Bonchev–Trinajstić information content (AvgIpc) is 2.62. The lowest BCUT2D eigenvalue weighted by Gasteiger charge is -2.38. The summed E-state index contributed by atoms with van der Waals surface area (Å²) in [6.45, 7) is 1.83.